The number of pyridine rings is 1. The summed E-state index contributed by atoms with van der Waals surface area (Å²) in [6, 6.07) is 17.3. The maximum absolute atomic E-state index is 14.0. The van der Waals surface area contributed by atoms with Gasteiger partial charge in [-0.05, 0) is 61.8 Å². The molecule has 174 valence electrons. The van der Waals surface area contributed by atoms with Crippen LogP contribution in [0.25, 0.3) is 10.9 Å². The maximum Gasteiger partial charge on any atom is 0.225 e. The Morgan fingerprint density at radius 3 is 2.47 bits per heavy atom. The Morgan fingerprint density at radius 2 is 1.76 bits per heavy atom. The van der Waals surface area contributed by atoms with Crippen LogP contribution in [0.2, 0.25) is 0 Å². The number of piperidine rings is 2. The number of halogens is 1. The normalized spacial score (nSPS) is 17.6. The number of hydrogen-bond donors (Lipinski definition) is 0. The molecule has 5 rings (SSSR count). The highest BCUT2D eigenvalue weighted by Gasteiger charge is 2.32. The molecule has 5 nitrogen and oxygen atoms in total. The quantitative estimate of drug-likeness (QED) is 0.558. The third-order valence-electron chi connectivity index (χ3n) is 7.38. The molecule has 0 saturated carbocycles. The van der Waals surface area contributed by atoms with E-state index >= 15 is 0 Å². The average molecular weight is 457 g/mol. The average Bonchev–Trinajstić information content (AvgIpc) is 2.88. The van der Waals surface area contributed by atoms with Crippen LogP contribution in [0.5, 0.6) is 0 Å². The van der Waals surface area contributed by atoms with Gasteiger partial charge in [-0.15, -0.1) is 0 Å². The van der Waals surface area contributed by atoms with E-state index in [0.29, 0.717) is 35.5 Å². The Labute approximate surface area is 199 Å². The summed E-state index contributed by atoms with van der Waals surface area (Å²) < 4.78 is 14.0. The zero-order valence-electron chi connectivity index (χ0n) is 19.3. The number of carbonyl (C=O) groups excluding carboxylic acids is 1. The van der Waals surface area contributed by atoms with Gasteiger partial charge in [-0.3, -0.25) is 9.78 Å². The zero-order valence-corrected chi connectivity index (χ0v) is 19.3. The molecule has 2 aliphatic heterocycles. The first-order chi connectivity index (χ1) is 16.6. The number of fused-ring (bicyclic) bond motifs is 1. The van der Waals surface area contributed by atoms with Crippen molar-refractivity contribution in [1.29, 1.82) is 5.26 Å². The van der Waals surface area contributed by atoms with Crippen LogP contribution < -0.4 is 4.90 Å². The Balaban J connectivity index is 1.20. The molecule has 3 aromatic rings. The highest BCUT2D eigenvalue weighted by molar-refractivity contribution is 5.94. The van der Waals surface area contributed by atoms with Crippen LogP contribution in [-0.4, -0.2) is 42.0 Å². The predicted octanol–water partition coefficient (Wildman–Crippen LogP) is 4.94. The van der Waals surface area contributed by atoms with E-state index in [4.69, 9.17) is 0 Å². The van der Waals surface area contributed by atoms with Gasteiger partial charge in [0, 0.05) is 43.7 Å². The minimum absolute atomic E-state index is 0.0114. The second-order valence-corrected chi connectivity index (χ2v) is 9.51. The van der Waals surface area contributed by atoms with Gasteiger partial charge < -0.3 is 9.80 Å². The summed E-state index contributed by atoms with van der Waals surface area (Å²) in [5.74, 6) is 0.575. The smallest absolute Gasteiger partial charge is 0.225 e. The van der Waals surface area contributed by atoms with E-state index in [1.807, 2.05) is 6.07 Å². The number of carbonyl (C=O) groups is 1. The third kappa shape index (κ3) is 4.61. The van der Waals surface area contributed by atoms with Gasteiger partial charge in [-0.2, -0.15) is 5.26 Å². The van der Waals surface area contributed by atoms with Crippen molar-refractivity contribution in [3.05, 3.63) is 71.7 Å². The van der Waals surface area contributed by atoms with Crippen molar-refractivity contribution < 1.29 is 9.18 Å². The highest BCUT2D eigenvalue weighted by atomic mass is 19.1. The van der Waals surface area contributed by atoms with Crippen molar-refractivity contribution >= 4 is 22.5 Å². The van der Waals surface area contributed by atoms with Crippen molar-refractivity contribution in [2.75, 3.05) is 31.1 Å². The summed E-state index contributed by atoms with van der Waals surface area (Å²) in [6.07, 6.45) is 6.24. The number of aromatic nitrogens is 1. The monoisotopic (exact) mass is 456 g/mol. The third-order valence-corrected chi connectivity index (χ3v) is 7.38. The SMILES string of the molecule is N#Cc1cnc2ccc(F)cc2c1N1CCC(C(=O)N2CCC(Cc3ccccc3)CC2)CC1. The van der Waals surface area contributed by atoms with Crippen molar-refractivity contribution in [3.8, 4) is 6.07 Å². The molecule has 0 atom stereocenters. The van der Waals surface area contributed by atoms with Gasteiger partial charge in [0.05, 0.1) is 16.8 Å². The first-order valence-corrected chi connectivity index (χ1v) is 12.2. The molecule has 34 heavy (non-hydrogen) atoms. The molecule has 0 radical (unpaired) electrons. The summed E-state index contributed by atoms with van der Waals surface area (Å²) in [5.41, 5.74) is 3.23. The first-order valence-electron chi connectivity index (χ1n) is 12.2. The van der Waals surface area contributed by atoms with Gasteiger partial charge in [0.2, 0.25) is 5.91 Å². The molecule has 0 N–H and O–H groups in total. The van der Waals surface area contributed by atoms with Crippen molar-refractivity contribution in [3.63, 3.8) is 0 Å². The molecule has 1 amide bonds. The molecular weight excluding hydrogens is 427 g/mol. The highest BCUT2D eigenvalue weighted by Crippen LogP contribution is 2.34. The number of amides is 1. The maximum atomic E-state index is 14.0. The van der Waals surface area contributed by atoms with Gasteiger partial charge in [-0.1, -0.05) is 30.3 Å². The largest absolute Gasteiger partial charge is 0.370 e. The molecule has 3 heterocycles. The molecule has 0 bridgehead atoms. The molecule has 2 aliphatic rings. The van der Waals surface area contributed by atoms with Crippen molar-refractivity contribution in [2.45, 2.75) is 32.1 Å². The van der Waals surface area contributed by atoms with Gasteiger partial charge in [-0.25, -0.2) is 4.39 Å². The summed E-state index contributed by atoms with van der Waals surface area (Å²) in [5, 5.41) is 10.3. The Morgan fingerprint density at radius 1 is 1.03 bits per heavy atom. The van der Waals surface area contributed by atoms with E-state index in [1.54, 1.807) is 12.3 Å². The number of likely N-dealkylation sites (tertiary alicyclic amines) is 1. The van der Waals surface area contributed by atoms with Gasteiger partial charge in [0.1, 0.15) is 11.9 Å². The second-order valence-electron chi connectivity index (χ2n) is 9.51. The molecule has 1 aromatic heterocycles. The number of anilines is 1. The lowest BCUT2D eigenvalue weighted by Crippen LogP contribution is -2.45. The van der Waals surface area contributed by atoms with E-state index in [9.17, 15) is 14.4 Å². The number of nitrogens with zero attached hydrogens (tertiary/aromatic N) is 4. The molecule has 2 aromatic carbocycles. The number of rotatable bonds is 4. The topological polar surface area (TPSA) is 60.2 Å². The lowest BCUT2D eigenvalue weighted by molar-refractivity contribution is -0.137. The molecule has 2 saturated heterocycles. The minimum atomic E-state index is -0.341. The first kappa shape index (κ1) is 22.3. The Bertz CT molecular complexity index is 1210. The fourth-order valence-corrected chi connectivity index (χ4v) is 5.49. The summed E-state index contributed by atoms with van der Waals surface area (Å²) in [7, 11) is 0. The molecular formula is C28H29FN4O. The van der Waals surface area contributed by atoms with E-state index in [0.717, 1.165) is 50.9 Å². The van der Waals surface area contributed by atoms with Crippen LogP contribution in [-0.2, 0) is 11.2 Å². The van der Waals surface area contributed by atoms with Gasteiger partial charge in [0.25, 0.3) is 0 Å². The Kier molecular flexibility index (Phi) is 6.44. The number of benzene rings is 2. The lowest BCUT2D eigenvalue weighted by Gasteiger charge is -2.38. The summed E-state index contributed by atoms with van der Waals surface area (Å²) in [4.78, 5) is 21.7. The van der Waals surface area contributed by atoms with Crippen LogP contribution in [0.15, 0.2) is 54.7 Å². The predicted molar refractivity (Wildman–Crippen MR) is 131 cm³/mol. The van der Waals surface area contributed by atoms with Crippen LogP contribution >= 0.6 is 0 Å². The van der Waals surface area contributed by atoms with Crippen LogP contribution in [0, 0.1) is 29.0 Å². The van der Waals surface area contributed by atoms with E-state index in [1.165, 1.54) is 17.7 Å². The lowest BCUT2D eigenvalue weighted by atomic mass is 9.88. The van der Waals surface area contributed by atoms with E-state index in [-0.39, 0.29) is 17.6 Å². The number of nitriles is 1. The minimum Gasteiger partial charge on any atom is -0.370 e. The molecule has 0 spiro atoms. The van der Waals surface area contributed by atoms with Crippen LogP contribution in [0.1, 0.15) is 36.8 Å². The van der Waals surface area contributed by atoms with Crippen molar-refractivity contribution in [2.24, 2.45) is 11.8 Å². The molecule has 6 heteroatoms. The summed E-state index contributed by atoms with van der Waals surface area (Å²) in [6.45, 7) is 3.02. The van der Waals surface area contributed by atoms with E-state index < -0.39 is 0 Å². The zero-order chi connectivity index (χ0) is 23.5. The van der Waals surface area contributed by atoms with Crippen molar-refractivity contribution in [1.82, 2.24) is 9.88 Å². The van der Waals surface area contributed by atoms with E-state index in [2.05, 4.69) is 45.1 Å². The Hall–Kier alpha value is -3.46. The molecule has 0 unspecified atom stereocenters. The number of hydrogen-bond acceptors (Lipinski definition) is 4. The fourth-order valence-electron chi connectivity index (χ4n) is 5.49. The van der Waals surface area contributed by atoms with Gasteiger partial charge in [0.15, 0.2) is 0 Å². The van der Waals surface area contributed by atoms with Crippen LogP contribution in [0.4, 0.5) is 10.1 Å². The van der Waals surface area contributed by atoms with Crippen LogP contribution in [0.3, 0.4) is 0 Å². The molecule has 0 aliphatic carbocycles. The second kappa shape index (κ2) is 9.80. The fraction of sp³-hybridized carbons (Fsp3) is 0.393. The van der Waals surface area contributed by atoms with Gasteiger partial charge >= 0.3 is 0 Å². The molecule has 2 fully saturated rings. The standard InChI is InChI=1S/C28H29FN4O/c29-24-6-7-26-25(17-24)27(23(18-30)19-31-26)32-14-10-22(11-15-32)28(34)33-12-8-21(9-13-33)16-20-4-2-1-3-5-20/h1-7,17,19,21-22H,8-16H2. The summed E-state index contributed by atoms with van der Waals surface area (Å²) >= 11 is 0.